The maximum atomic E-state index is 12.4. The van der Waals surface area contributed by atoms with Gasteiger partial charge in [-0.25, -0.2) is 13.1 Å². The molecule has 0 heterocycles. The maximum Gasteiger partial charge on any atom is 0.240 e. The van der Waals surface area contributed by atoms with Gasteiger partial charge in [0.2, 0.25) is 10.0 Å². The molecule has 0 radical (unpaired) electrons. The molecule has 1 aliphatic rings. The monoisotopic (exact) mass is 312 g/mol. The molecule has 1 saturated carbocycles. The summed E-state index contributed by atoms with van der Waals surface area (Å²) in [6.45, 7) is 2.47. The van der Waals surface area contributed by atoms with Crippen LogP contribution in [0.1, 0.15) is 32.6 Å². The number of ether oxygens (including phenoxy) is 1. The van der Waals surface area contributed by atoms with E-state index in [0.29, 0.717) is 23.3 Å². The smallest absolute Gasteiger partial charge is 0.240 e. The van der Waals surface area contributed by atoms with Gasteiger partial charge in [-0.15, -0.1) is 0 Å². The van der Waals surface area contributed by atoms with E-state index in [1.54, 1.807) is 24.3 Å². The summed E-state index contributed by atoms with van der Waals surface area (Å²) in [5, 5.41) is 3.25. The number of hydrogen-bond acceptors (Lipinski definition) is 4. The molecule has 5 nitrogen and oxygen atoms in total. The third-order valence-corrected chi connectivity index (χ3v) is 5.44. The first kappa shape index (κ1) is 16.3. The predicted octanol–water partition coefficient (Wildman–Crippen LogP) is 1.89. The highest BCUT2D eigenvalue weighted by Gasteiger charge is 2.25. The van der Waals surface area contributed by atoms with E-state index in [1.807, 2.05) is 14.0 Å². The Bertz CT molecular complexity index is 535. The molecule has 2 N–H and O–H groups in total. The van der Waals surface area contributed by atoms with Gasteiger partial charge in [-0.05, 0) is 63.9 Å². The highest BCUT2D eigenvalue weighted by atomic mass is 32.2. The summed E-state index contributed by atoms with van der Waals surface area (Å²) in [6, 6.07) is 7.10. The van der Waals surface area contributed by atoms with Crippen molar-refractivity contribution in [1.82, 2.24) is 10.0 Å². The number of hydrogen-bond donors (Lipinski definition) is 2. The fourth-order valence-electron chi connectivity index (χ4n) is 2.67. The highest BCUT2D eigenvalue weighted by Crippen LogP contribution is 2.21. The number of rotatable bonds is 6. The van der Waals surface area contributed by atoms with E-state index in [0.717, 1.165) is 25.7 Å². The quantitative estimate of drug-likeness (QED) is 0.842. The zero-order chi connectivity index (χ0) is 15.3. The van der Waals surface area contributed by atoms with Crippen LogP contribution in [0.15, 0.2) is 29.2 Å². The molecular formula is C15H24N2O3S. The predicted molar refractivity (Wildman–Crippen MR) is 83.0 cm³/mol. The SMILES string of the molecule is CCOc1ccc(S(=O)(=O)NC2CCC(NC)CC2)cc1. The first-order valence-electron chi connectivity index (χ1n) is 7.47. The first-order chi connectivity index (χ1) is 10.0. The summed E-state index contributed by atoms with van der Waals surface area (Å²) in [5.41, 5.74) is 0. The number of nitrogens with one attached hydrogen (secondary N) is 2. The van der Waals surface area contributed by atoms with Crippen molar-refractivity contribution in [3.8, 4) is 5.75 Å². The largest absolute Gasteiger partial charge is 0.494 e. The second kappa shape index (κ2) is 7.24. The molecule has 0 bridgehead atoms. The van der Waals surface area contributed by atoms with Crippen molar-refractivity contribution in [2.75, 3.05) is 13.7 Å². The third kappa shape index (κ3) is 4.43. The summed E-state index contributed by atoms with van der Waals surface area (Å²) in [4.78, 5) is 0.293. The Morgan fingerprint density at radius 3 is 2.19 bits per heavy atom. The zero-order valence-corrected chi connectivity index (χ0v) is 13.4. The molecule has 1 aliphatic carbocycles. The Morgan fingerprint density at radius 1 is 1.10 bits per heavy atom. The van der Waals surface area contributed by atoms with Crippen molar-refractivity contribution >= 4 is 10.0 Å². The van der Waals surface area contributed by atoms with Crippen LogP contribution < -0.4 is 14.8 Å². The molecule has 1 aromatic rings. The molecule has 2 rings (SSSR count). The normalized spacial score (nSPS) is 23.0. The Kier molecular flexibility index (Phi) is 5.61. The van der Waals surface area contributed by atoms with Gasteiger partial charge in [0.25, 0.3) is 0 Å². The van der Waals surface area contributed by atoms with Crippen molar-refractivity contribution in [2.45, 2.75) is 49.6 Å². The lowest BCUT2D eigenvalue weighted by Gasteiger charge is -2.28. The van der Waals surface area contributed by atoms with Crippen LogP contribution in [0, 0.1) is 0 Å². The van der Waals surface area contributed by atoms with Crippen molar-refractivity contribution in [3.05, 3.63) is 24.3 Å². The first-order valence-corrected chi connectivity index (χ1v) is 8.96. The topological polar surface area (TPSA) is 67.4 Å². The van der Waals surface area contributed by atoms with Gasteiger partial charge >= 0.3 is 0 Å². The van der Waals surface area contributed by atoms with Crippen LogP contribution >= 0.6 is 0 Å². The molecule has 0 spiro atoms. The van der Waals surface area contributed by atoms with E-state index >= 15 is 0 Å². The van der Waals surface area contributed by atoms with E-state index in [1.165, 1.54) is 0 Å². The van der Waals surface area contributed by atoms with Crippen molar-refractivity contribution in [1.29, 1.82) is 0 Å². The summed E-state index contributed by atoms with van der Waals surface area (Å²) in [5.74, 6) is 0.686. The maximum absolute atomic E-state index is 12.4. The van der Waals surface area contributed by atoms with E-state index in [2.05, 4.69) is 10.0 Å². The van der Waals surface area contributed by atoms with Crippen molar-refractivity contribution < 1.29 is 13.2 Å². The average molecular weight is 312 g/mol. The van der Waals surface area contributed by atoms with Crippen LogP contribution in [0.4, 0.5) is 0 Å². The minimum Gasteiger partial charge on any atom is -0.494 e. The molecule has 1 fully saturated rings. The molecule has 0 aromatic heterocycles. The standard InChI is InChI=1S/C15H24N2O3S/c1-3-20-14-8-10-15(11-9-14)21(18,19)17-13-6-4-12(16-2)5-7-13/h8-13,16-17H,3-7H2,1-2H3. The molecule has 118 valence electrons. The Labute approximate surface area is 127 Å². The fourth-order valence-corrected chi connectivity index (χ4v) is 3.97. The second-order valence-electron chi connectivity index (χ2n) is 5.36. The minimum atomic E-state index is -3.44. The summed E-state index contributed by atoms with van der Waals surface area (Å²) < 4.78 is 32.8. The van der Waals surface area contributed by atoms with Gasteiger partial charge in [-0.3, -0.25) is 0 Å². The van der Waals surface area contributed by atoms with Gasteiger partial charge < -0.3 is 10.1 Å². The lowest BCUT2D eigenvalue weighted by Crippen LogP contribution is -2.41. The Morgan fingerprint density at radius 2 is 1.67 bits per heavy atom. The average Bonchev–Trinajstić information content (AvgIpc) is 2.48. The van der Waals surface area contributed by atoms with E-state index in [4.69, 9.17) is 4.74 Å². The molecule has 1 aromatic carbocycles. The second-order valence-corrected chi connectivity index (χ2v) is 7.08. The van der Waals surface area contributed by atoms with Crippen molar-refractivity contribution in [2.24, 2.45) is 0 Å². The molecule has 0 unspecified atom stereocenters. The fraction of sp³-hybridized carbons (Fsp3) is 0.600. The summed E-state index contributed by atoms with van der Waals surface area (Å²) in [6.07, 6.45) is 3.77. The number of benzene rings is 1. The molecular weight excluding hydrogens is 288 g/mol. The Hall–Kier alpha value is -1.11. The van der Waals surface area contributed by atoms with Crippen LogP contribution in [0.25, 0.3) is 0 Å². The van der Waals surface area contributed by atoms with E-state index in [9.17, 15) is 8.42 Å². The van der Waals surface area contributed by atoms with Crippen LogP contribution in [0.3, 0.4) is 0 Å². The molecule has 0 amide bonds. The highest BCUT2D eigenvalue weighted by molar-refractivity contribution is 7.89. The summed E-state index contributed by atoms with van der Waals surface area (Å²) >= 11 is 0. The van der Waals surface area contributed by atoms with Gasteiger partial charge in [0, 0.05) is 12.1 Å². The molecule has 0 saturated heterocycles. The summed E-state index contributed by atoms with van der Waals surface area (Å²) in [7, 11) is -1.49. The molecule has 21 heavy (non-hydrogen) atoms. The van der Waals surface area contributed by atoms with E-state index in [-0.39, 0.29) is 6.04 Å². The van der Waals surface area contributed by atoms with Crippen molar-refractivity contribution in [3.63, 3.8) is 0 Å². The van der Waals surface area contributed by atoms with Gasteiger partial charge in [0.05, 0.1) is 11.5 Å². The minimum absolute atomic E-state index is 0.0335. The van der Waals surface area contributed by atoms with Crippen LogP contribution in [-0.2, 0) is 10.0 Å². The van der Waals surface area contributed by atoms with Gasteiger partial charge in [-0.2, -0.15) is 0 Å². The molecule has 0 aliphatic heterocycles. The van der Waals surface area contributed by atoms with Crippen LogP contribution in [-0.4, -0.2) is 34.2 Å². The third-order valence-electron chi connectivity index (χ3n) is 3.90. The van der Waals surface area contributed by atoms with Crippen LogP contribution in [0.5, 0.6) is 5.75 Å². The molecule has 0 atom stereocenters. The Balaban J connectivity index is 1.98. The molecule has 6 heteroatoms. The number of sulfonamides is 1. The zero-order valence-electron chi connectivity index (χ0n) is 12.6. The van der Waals surface area contributed by atoms with E-state index < -0.39 is 10.0 Å². The van der Waals surface area contributed by atoms with Gasteiger partial charge in [-0.1, -0.05) is 0 Å². The van der Waals surface area contributed by atoms with Gasteiger partial charge in [0.15, 0.2) is 0 Å². The van der Waals surface area contributed by atoms with Gasteiger partial charge in [0.1, 0.15) is 5.75 Å². The lowest BCUT2D eigenvalue weighted by atomic mass is 9.92. The lowest BCUT2D eigenvalue weighted by molar-refractivity contribution is 0.339. The van der Waals surface area contributed by atoms with Crippen LogP contribution in [0.2, 0.25) is 0 Å².